The van der Waals surface area contributed by atoms with Gasteiger partial charge in [0.05, 0.1) is 7.11 Å². The Morgan fingerprint density at radius 1 is 0.857 bits per heavy atom. The summed E-state index contributed by atoms with van der Waals surface area (Å²) in [7, 11) is 1.64. The molecular formula is C19H24O2. The number of ether oxygens (including phenoxy) is 1. The first kappa shape index (κ1) is 15.6. The summed E-state index contributed by atoms with van der Waals surface area (Å²) in [5.41, 5.74) is 8.06. The average Bonchev–Trinajstić information content (AvgIpc) is 2.51. The smallest absolute Gasteiger partial charge is 0.119 e. The van der Waals surface area contributed by atoms with E-state index in [2.05, 4.69) is 34.6 Å². The van der Waals surface area contributed by atoms with Gasteiger partial charge in [0.25, 0.3) is 0 Å². The van der Waals surface area contributed by atoms with Gasteiger partial charge in [0.1, 0.15) is 11.9 Å². The Bertz CT molecular complexity index is 643. The van der Waals surface area contributed by atoms with E-state index in [1.165, 1.54) is 27.8 Å². The topological polar surface area (TPSA) is 29.5 Å². The second-order valence-electron chi connectivity index (χ2n) is 5.72. The molecule has 0 radical (unpaired) electrons. The van der Waals surface area contributed by atoms with Crippen molar-refractivity contribution in [2.45, 2.75) is 40.7 Å². The molecule has 2 aromatic carbocycles. The van der Waals surface area contributed by atoms with Crippen LogP contribution in [-0.2, 0) is 0 Å². The summed E-state index contributed by atoms with van der Waals surface area (Å²) in [6.45, 7) is 10.6. The van der Waals surface area contributed by atoms with Gasteiger partial charge in [-0.2, -0.15) is 0 Å². The van der Waals surface area contributed by atoms with Crippen LogP contribution in [-0.4, -0.2) is 12.2 Å². The van der Waals surface area contributed by atoms with Gasteiger partial charge in [0.2, 0.25) is 0 Å². The molecular weight excluding hydrogens is 260 g/mol. The van der Waals surface area contributed by atoms with Crippen molar-refractivity contribution in [2.75, 3.05) is 7.11 Å². The minimum Gasteiger partial charge on any atom is -0.497 e. The van der Waals surface area contributed by atoms with Crippen LogP contribution in [0, 0.1) is 34.6 Å². The molecule has 1 atom stereocenters. The lowest BCUT2D eigenvalue weighted by molar-refractivity contribution is 0.218. The van der Waals surface area contributed by atoms with Crippen LogP contribution < -0.4 is 4.74 Å². The molecule has 0 bridgehead atoms. The van der Waals surface area contributed by atoms with Crippen LogP contribution in [0.2, 0.25) is 0 Å². The number of benzene rings is 2. The Balaban J connectivity index is 2.60. The lowest BCUT2D eigenvalue weighted by Gasteiger charge is -2.23. The molecule has 2 aromatic rings. The van der Waals surface area contributed by atoms with Crippen LogP contribution in [0.15, 0.2) is 24.3 Å². The Hall–Kier alpha value is -1.80. The third-order valence-electron chi connectivity index (χ3n) is 4.74. The monoisotopic (exact) mass is 284 g/mol. The highest BCUT2D eigenvalue weighted by Crippen LogP contribution is 2.34. The highest BCUT2D eigenvalue weighted by Gasteiger charge is 2.20. The molecule has 112 valence electrons. The maximum absolute atomic E-state index is 10.9. The quantitative estimate of drug-likeness (QED) is 0.909. The summed E-state index contributed by atoms with van der Waals surface area (Å²) >= 11 is 0. The minimum absolute atomic E-state index is 0.627. The van der Waals surface area contributed by atoms with Crippen molar-refractivity contribution in [3.05, 3.63) is 63.2 Å². The van der Waals surface area contributed by atoms with E-state index in [9.17, 15) is 5.11 Å². The Morgan fingerprint density at radius 3 is 1.90 bits per heavy atom. The number of methoxy groups -OCH3 is 1. The summed E-state index contributed by atoms with van der Waals surface area (Å²) in [4.78, 5) is 0. The van der Waals surface area contributed by atoms with E-state index in [-0.39, 0.29) is 0 Å². The standard InChI is InChI=1S/C19H24O2/c1-11-12(2)14(4)18(15(5)13(11)3)19(20)16-8-7-9-17(10-16)21-6/h7-10,19-20H,1-6H3. The first-order valence-electron chi connectivity index (χ1n) is 7.27. The van der Waals surface area contributed by atoms with Gasteiger partial charge in [-0.1, -0.05) is 12.1 Å². The Labute approximate surface area is 127 Å². The molecule has 21 heavy (non-hydrogen) atoms. The van der Waals surface area contributed by atoms with Crippen LogP contribution in [0.3, 0.4) is 0 Å². The van der Waals surface area contributed by atoms with E-state index in [0.717, 1.165) is 16.9 Å². The zero-order valence-corrected chi connectivity index (χ0v) is 13.7. The van der Waals surface area contributed by atoms with Gasteiger partial charge in [0, 0.05) is 0 Å². The first-order valence-corrected chi connectivity index (χ1v) is 7.27. The molecule has 0 aliphatic heterocycles. The van der Waals surface area contributed by atoms with Gasteiger partial charge in [-0.05, 0) is 85.7 Å². The zero-order chi connectivity index (χ0) is 15.7. The van der Waals surface area contributed by atoms with Crippen molar-refractivity contribution >= 4 is 0 Å². The summed E-state index contributed by atoms with van der Waals surface area (Å²) in [5, 5.41) is 10.9. The number of aliphatic hydroxyl groups is 1. The molecule has 0 saturated carbocycles. The van der Waals surface area contributed by atoms with Crippen molar-refractivity contribution in [1.29, 1.82) is 0 Å². The predicted molar refractivity (Wildman–Crippen MR) is 87.2 cm³/mol. The summed E-state index contributed by atoms with van der Waals surface area (Å²) < 4.78 is 5.26. The zero-order valence-electron chi connectivity index (χ0n) is 13.7. The lowest BCUT2D eigenvalue weighted by Crippen LogP contribution is -2.09. The SMILES string of the molecule is COc1cccc(C(O)c2c(C)c(C)c(C)c(C)c2C)c1. The van der Waals surface area contributed by atoms with Gasteiger partial charge in [-0.15, -0.1) is 0 Å². The van der Waals surface area contributed by atoms with E-state index >= 15 is 0 Å². The molecule has 0 heterocycles. The highest BCUT2D eigenvalue weighted by molar-refractivity contribution is 5.52. The first-order chi connectivity index (χ1) is 9.88. The number of hydrogen-bond donors (Lipinski definition) is 1. The van der Waals surface area contributed by atoms with Crippen molar-refractivity contribution < 1.29 is 9.84 Å². The molecule has 0 aromatic heterocycles. The summed E-state index contributed by atoms with van der Waals surface area (Å²) in [6.07, 6.45) is -0.627. The lowest BCUT2D eigenvalue weighted by atomic mass is 9.85. The summed E-state index contributed by atoms with van der Waals surface area (Å²) in [5.74, 6) is 0.766. The third kappa shape index (κ3) is 2.68. The Morgan fingerprint density at radius 2 is 1.38 bits per heavy atom. The molecule has 0 aliphatic carbocycles. The van der Waals surface area contributed by atoms with E-state index in [0.29, 0.717) is 0 Å². The normalized spacial score (nSPS) is 12.3. The fourth-order valence-corrected chi connectivity index (χ4v) is 2.92. The average molecular weight is 284 g/mol. The highest BCUT2D eigenvalue weighted by atomic mass is 16.5. The van der Waals surface area contributed by atoms with Gasteiger partial charge in [-0.25, -0.2) is 0 Å². The Kier molecular flexibility index (Phi) is 4.38. The molecule has 2 nitrogen and oxygen atoms in total. The largest absolute Gasteiger partial charge is 0.497 e. The fraction of sp³-hybridized carbons (Fsp3) is 0.368. The van der Waals surface area contributed by atoms with Crippen LogP contribution in [0.25, 0.3) is 0 Å². The van der Waals surface area contributed by atoms with E-state index in [1.807, 2.05) is 24.3 Å². The molecule has 0 fully saturated rings. The molecule has 1 unspecified atom stereocenters. The number of rotatable bonds is 3. The van der Waals surface area contributed by atoms with Gasteiger partial charge in [0.15, 0.2) is 0 Å². The number of hydrogen-bond acceptors (Lipinski definition) is 2. The summed E-state index contributed by atoms with van der Waals surface area (Å²) in [6, 6.07) is 7.64. The van der Waals surface area contributed by atoms with Crippen molar-refractivity contribution in [2.24, 2.45) is 0 Å². The maximum Gasteiger partial charge on any atom is 0.119 e. The van der Waals surface area contributed by atoms with Crippen LogP contribution >= 0.6 is 0 Å². The molecule has 0 spiro atoms. The second kappa shape index (κ2) is 5.90. The third-order valence-corrected chi connectivity index (χ3v) is 4.74. The minimum atomic E-state index is -0.627. The molecule has 2 heteroatoms. The fourth-order valence-electron chi connectivity index (χ4n) is 2.92. The van der Waals surface area contributed by atoms with E-state index < -0.39 is 6.10 Å². The number of aliphatic hydroxyl groups excluding tert-OH is 1. The van der Waals surface area contributed by atoms with Crippen LogP contribution in [0.4, 0.5) is 0 Å². The van der Waals surface area contributed by atoms with Gasteiger partial charge >= 0.3 is 0 Å². The van der Waals surface area contributed by atoms with Gasteiger partial charge in [-0.3, -0.25) is 0 Å². The second-order valence-corrected chi connectivity index (χ2v) is 5.72. The molecule has 0 amide bonds. The van der Waals surface area contributed by atoms with Gasteiger partial charge < -0.3 is 9.84 Å². The van der Waals surface area contributed by atoms with Crippen LogP contribution in [0.1, 0.15) is 45.0 Å². The van der Waals surface area contributed by atoms with Crippen LogP contribution in [0.5, 0.6) is 5.75 Å². The maximum atomic E-state index is 10.9. The van der Waals surface area contributed by atoms with Crippen molar-refractivity contribution in [1.82, 2.24) is 0 Å². The molecule has 2 rings (SSSR count). The molecule has 0 saturated heterocycles. The molecule has 0 aliphatic rings. The van der Waals surface area contributed by atoms with Crippen molar-refractivity contribution in [3.63, 3.8) is 0 Å². The van der Waals surface area contributed by atoms with E-state index in [4.69, 9.17) is 4.74 Å². The van der Waals surface area contributed by atoms with E-state index in [1.54, 1.807) is 7.11 Å². The molecule has 1 N–H and O–H groups in total. The van der Waals surface area contributed by atoms with Crippen molar-refractivity contribution in [3.8, 4) is 5.75 Å². The predicted octanol–water partition coefficient (Wildman–Crippen LogP) is 4.32.